The summed E-state index contributed by atoms with van der Waals surface area (Å²) in [6.45, 7) is 5.80. The van der Waals surface area contributed by atoms with Gasteiger partial charge in [0, 0.05) is 12.1 Å². The summed E-state index contributed by atoms with van der Waals surface area (Å²) < 4.78 is 6.67. The molecular formula is C16H23N3O3S. The van der Waals surface area contributed by atoms with E-state index in [9.17, 15) is 9.59 Å². The van der Waals surface area contributed by atoms with Crippen molar-refractivity contribution in [2.75, 3.05) is 13.8 Å². The molecule has 3 atom stereocenters. The fourth-order valence-corrected chi connectivity index (χ4v) is 4.50. The molecular weight excluding hydrogens is 314 g/mol. The molecule has 0 amide bonds. The van der Waals surface area contributed by atoms with Crippen LogP contribution in [0.15, 0.2) is 9.79 Å². The van der Waals surface area contributed by atoms with Crippen molar-refractivity contribution in [3.63, 3.8) is 0 Å². The van der Waals surface area contributed by atoms with Crippen LogP contribution in [0.2, 0.25) is 0 Å². The summed E-state index contributed by atoms with van der Waals surface area (Å²) in [6, 6.07) is 0.468. The van der Waals surface area contributed by atoms with Crippen molar-refractivity contribution in [2.24, 2.45) is 16.8 Å². The first-order chi connectivity index (χ1) is 11.0. The molecule has 7 heteroatoms. The molecule has 0 spiro atoms. The number of methoxy groups -OCH3 is 1. The predicted molar refractivity (Wildman–Crippen MR) is 88.5 cm³/mol. The zero-order chi connectivity index (χ0) is 16.6. The number of fused-ring (bicyclic) bond motifs is 1. The average Bonchev–Trinajstić information content (AvgIpc) is 2.85. The van der Waals surface area contributed by atoms with Gasteiger partial charge in [0.15, 0.2) is 4.80 Å². The lowest BCUT2D eigenvalue weighted by atomic mass is 9.77. The lowest BCUT2D eigenvalue weighted by Gasteiger charge is -2.41. The Morgan fingerprint density at radius 3 is 2.91 bits per heavy atom. The van der Waals surface area contributed by atoms with Crippen LogP contribution >= 0.6 is 11.3 Å². The molecule has 0 unspecified atom stereocenters. The molecule has 0 saturated heterocycles. The van der Waals surface area contributed by atoms with Crippen LogP contribution in [0.4, 0.5) is 0 Å². The number of aromatic nitrogens is 1. The van der Waals surface area contributed by atoms with Gasteiger partial charge in [-0.3, -0.25) is 14.3 Å². The number of esters is 1. The van der Waals surface area contributed by atoms with Gasteiger partial charge in [-0.1, -0.05) is 38.0 Å². The van der Waals surface area contributed by atoms with E-state index in [0.29, 0.717) is 40.5 Å². The molecule has 23 heavy (non-hydrogen) atoms. The smallest absolute Gasteiger partial charge is 0.332 e. The highest BCUT2D eigenvalue weighted by molar-refractivity contribution is 7.07. The minimum atomic E-state index is -0.507. The standard InChI is InChI=1S/C16H23N3O3S/c1-10-5-4-6-12(11(10)2)18-8-17-16-19(9-18)15(21)13(23-16)7-14(20)22-3/h7,10-12H,4-6,8-9H2,1-3H3/b13-7+/t10-,11-,12+/m0/s1. The molecule has 126 valence electrons. The molecule has 0 aromatic carbocycles. The molecule has 0 bridgehead atoms. The second-order valence-electron chi connectivity index (χ2n) is 6.51. The van der Waals surface area contributed by atoms with Crippen molar-refractivity contribution in [1.82, 2.24) is 9.47 Å². The van der Waals surface area contributed by atoms with Crippen molar-refractivity contribution in [3.05, 3.63) is 19.7 Å². The lowest BCUT2D eigenvalue weighted by Crippen LogP contribution is -2.50. The minimum Gasteiger partial charge on any atom is -0.466 e. The number of hydrogen-bond acceptors (Lipinski definition) is 6. The van der Waals surface area contributed by atoms with Gasteiger partial charge in [0.25, 0.3) is 5.56 Å². The summed E-state index contributed by atoms with van der Waals surface area (Å²) in [4.78, 5) is 31.4. The van der Waals surface area contributed by atoms with Gasteiger partial charge in [-0.25, -0.2) is 9.79 Å². The van der Waals surface area contributed by atoms with Crippen LogP contribution in [-0.4, -0.2) is 35.3 Å². The fourth-order valence-electron chi connectivity index (χ4n) is 3.57. The van der Waals surface area contributed by atoms with E-state index >= 15 is 0 Å². The van der Waals surface area contributed by atoms with Crippen molar-refractivity contribution in [1.29, 1.82) is 0 Å². The number of thiazole rings is 1. The van der Waals surface area contributed by atoms with E-state index in [1.54, 1.807) is 4.57 Å². The first kappa shape index (κ1) is 16.4. The Hall–Kier alpha value is -1.47. The summed E-state index contributed by atoms with van der Waals surface area (Å²) in [5.41, 5.74) is -0.152. The Labute approximate surface area is 139 Å². The van der Waals surface area contributed by atoms with Crippen LogP contribution in [0.25, 0.3) is 6.08 Å². The van der Waals surface area contributed by atoms with E-state index in [2.05, 4.69) is 28.5 Å². The summed E-state index contributed by atoms with van der Waals surface area (Å²) in [6.07, 6.45) is 4.93. The van der Waals surface area contributed by atoms with Gasteiger partial charge in [0.05, 0.1) is 20.4 Å². The van der Waals surface area contributed by atoms with E-state index in [1.165, 1.54) is 37.4 Å². The zero-order valence-electron chi connectivity index (χ0n) is 13.8. The fraction of sp³-hybridized carbons (Fsp3) is 0.688. The second kappa shape index (κ2) is 6.57. The molecule has 1 aliphatic heterocycles. The molecule has 1 aromatic heterocycles. The highest BCUT2D eigenvalue weighted by atomic mass is 32.1. The van der Waals surface area contributed by atoms with Crippen LogP contribution in [0.3, 0.4) is 0 Å². The van der Waals surface area contributed by atoms with Crippen molar-refractivity contribution in [2.45, 2.75) is 45.8 Å². The SMILES string of the molecule is COC(=O)/C=c1/sc2n(c1=O)CN([C@@H]1CCC[C@H](C)[C@@H]1C)CN=2. The van der Waals surface area contributed by atoms with E-state index in [0.717, 1.165) is 6.42 Å². The molecule has 1 aromatic rings. The van der Waals surface area contributed by atoms with Crippen molar-refractivity contribution in [3.8, 4) is 0 Å². The maximum Gasteiger partial charge on any atom is 0.332 e. The third-order valence-electron chi connectivity index (χ3n) is 5.18. The third-order valence-corrected chi connectivity index (χ3v) is 6.23. The van der Waals surface area contributed by atoms with Gasteiger partial charge in [0.2, 0.25) is 0 Å². The molecule has 2 heterocycles. The normalized spacial score (nSPS) is 29.0. The number of carbonyl (C=O) groups is 1. The first-order valence-electron chi connectivity index (χ1n) is 8.09. The van der Waals surface area contributed by atoms with Crippen LogP contribution in [0.5, 0.6) is 0 Å². The highest BCUT2D eigenvalue weighted by Crippen LogP contribution is 2.33. The molecule has 1 saturated carbocycles. The molecule has 1 fully saturated rings. The number of ether oxygens (including phenoxy) is 1. The van der Waals surface area contributed by atoms with Crippen molar-refractivity contribution < 1.29 is 9.53 Å². The van der Waals surface area contributed by atoms with E-state index in [4.69, 9.17) is 0 Å². The molecule has 3 rings (SSSR count). The van der Waals surface area contributed by atoms with Gasteiger partial charge >= 0.3 is 5.97 Å². The predicted octanol–water partition coefficient (Wildman–Crippen LogP) is 0.538. The van der Waals surface area contributed by atoms with Crippen LogP contribution in [0.1, 0.15) is 33.1 Å². The third kappa shape index (κ3) is 3.12. The summed E-state index contributed by atoms with van der Waals surface area (Å²) >= 11 is 1.26. The Kier molecular flexibility index (Phi) is 4.68. The summed E-state index contributed by atoms with van der Waals surface area (Å²) in [7, 11) is 1.31. The van der Waals surface area contributed by atoms with Crippen molar-refractivity contribution >= 4 is 23.4 Å². The average molecular weight is 337 g/mol. The Morgan fingerprint density at radius 1 is 1.39 bits per heavy atom. The van der Waals surface area contributed by atoms with E-state index in [1.807, 2.05) is 0 Å². The van der Waals surface area contributed by atoms with Gasteiger partial charge in [-0.2, -0.15) is 0 Å². The molecule has 1 aliphatic carbocycles. The van der Waals surface area contributed by atoms with Crippen LogP contribution in [0, 0.1) is 11.8 Å². The maximum absolute atomic E-state index is 12.5. The number of hydrogen-bond donors (Lipinski definition) is 0. The van der Waals surface area contributed by atoms with Crippen LogP contribution < -0.4 is 14.9 Å². The van der Waals surface area contributed by atoms with Gasteiger partial charge in [-0.15, -0.1) is 0 Å². The van der Waals surface area contributed by atoms with Gasteiger partial charge in [0.1, 0.15) is 4.53 Å². The van der Waals surface area contributed by atoms with Gasteiger partial charge < -0.3 is 4.74 Å². The largest absolute Gasteiger partial charge is 0.466 e. The number of rotatable bonds is 2. The molecule has 0 radical (unpaired) electrons. The summed E-state index contributed by atoms with van der Waals surface area (Å²) in [5, 5.41) is 0. The zero-order valence-corrected chi connectivity index (χ0v) is 14.6. The first-order valence-corrected chi connectivity index (χ1v) is 8.90. The number of nitrogens with zero attached hydrogens (tertiary/aromatic N) is 3. The molecule has 6 nitrogen and oxygen atoms in total. The van der Waals surface area contributed by atoms with E-state index in [-0.39, 0.29) is 5.56 Å². The monoisotopic (exact) mass is 337 g/mol. The lowest BCUT2D eigenvalue weighted by molar-refractivity contribution is -0.133. The summed E-state index contributed by atoms with van der Waals surface area (Å²) in [5.74, 6) is 0.807. The molecule has 2 aliphatic rings. The van der Waals surface area contributed by atoms with Crippen LogP contribution in [-0.2, 0) is 16.2 Å². The maximum atomic E-state index is 12.5. The molecule has 0 N–H and O–H groups in total. The minimum absolute atomic E-state index is 0.152. The second-order valence-corrected chi connectivity index (χ2v) is 7.52. The highest BCUT2D eigenvalue weighted by Gasteiger charge is 2.32. The van der Waals surface area contributed by atoms with E-state index < -0.39 is 5.97 Å². The Morgan fingerprint density at radius 2 is 2.17 bits per heavy atom. The Balaban J connectivity index is 1.88. The Bertz CT molecular complexity index is 767. The quantitative estimate of drug-likeness (QED) is 0.739. The topological polar surface area (TPSA) is 63.9 Å². The number of carbonyl (C=O) groups excluding carboxylic acids is 1. The van der Waals surface area contributed by atoms with Gasteiger partial charge in [-0.05, 0) is 18.3 Å².